The van der Waals surface area contributed by atoms with Crippen LogP contribution in [0.2, 0.25) is 0 Å². The van der Waals surface area contributed by atoms with Gasteiger partial charge >= 0.3 is 0 Å². The predicted octanol–water partition coefficient (Wildman–Crippen LogP) is 2.10. The number of amides is 1. The molecule has 1 aliphatic rings. The lowest BCUT2D eigenvalue weighted by Crippen LogP contribution is -1.94. The van der Waals surface area contributed by atoms with Crippen LogP contribution >= 0.6 is 0 Å². The van der Waals surface area contributed by atoms with Crippen molar-refractivity contribution in [1.29, 1.82) is 0 Å². The molecule has 0 aromatic heterocycles. The van der Waals surface area contributed by atoms with E-state index in [2.05, 4.69) is 4.99 Å². The zero-order valence-electron chi connectivity index (χ0n) is 7.30. The molecule has 1 amide bonds. The molecule has 0 unspecified atom stereocenters. The van der Waals surface area contributed by atoms with Crippen molar-refractivity contribution in [2.45, 2.75) is 0 Å². The Morgan fingerprint density at radius 3 is 2.27 bits per heavy atom. The summed E-state index contributed by atoms with van der Waals surface area (Å²) in [7, 11) is 0. The molecule has 0 N–H and O–H groups in total. The molecule has 0 atom stereocenters. The molecule has 0 saturated heterocycles. The molecule has 0 aliphatic carbocycles. The second-order valence-electron chi connectivity index (χ2n) is 2.94. The van der Waals surface area contributed by atoms with Crippen molar-refractivity contribution in [3.05, 3.63) is 41.2 Å². The molecular weight excluding hydrogens is 207 g/mol. The van der Waals surface area contributed by atoms with Crippen LogP contribution in [0.3, 0.4) is 0 Å². The molecule has 1 aliphatic heterocycles. The van der Waals surface area contributed by atoms with Gasteiger partial charge in [0, 0.05) is 29.5 Å². The maximum atomic E-state index is 13.2. The van der Waals surface area contributed by atoms with Crippen LogP contribution in [0.4, 0.5) is 13.2 Å². The van der Waals surface area contributed by atoms with E-state index in [9.17, 15) is 18.0 Å². The SMILES string of the molecule is O=C1C=C(c2cc(F)c(F)cc2F)C=N1. The highest BCUT2D eigenvalue weighted by molar-refractivity contribution is 6.24. The summed E-state index contributed by atoms with van der Waals surface area (Å²) in [6.07, 6.45) is 2.16. The summed E-state index contributed by atoms with van der Waals surface area (Å²) < 4.78 is 38.6. The van der Waals surface area contributed by atoms with E-state index in [-0.39, 0.29) is 11.1 Å². The van der Waals surface area contributed by atoms with Crippen LogP contribution in [0, 0.1) is 17.5 Å². The van der Waals surface area contributed by atoms with Crippen LogP contribution in [0.15, 0.2) is 23.2 Å². The molecule has 0 fully saturated rings. The lowest BCUT2D eigenvalue weighted by Gasteiger charge is -2.01. The third-order valence-electron chi connectivity index (χ3n) is 1.93. The van der Waals surface area contributed by atoms with Gasteiger partial charge in [-0.15, -0.1) is 0 Å². The number of halogens is 3. The first kappa shape index (κ1) is 9.64. The van der Waals surface area contributed by atoms with E-state index >= 15 is 0 Å². The number of benzene rings is 1. The van der Waals surface area contributed by atoms with Gasteiger partial charge in [0.2, 0.25) is 0 Å². The largest absolute Gasteiger partial charge is 0.270 e. The first-order valence-electron chi connectivity index (χ1n) is 4.02. The summed E-state index contributed by atoms with van der Waals surface area (Å²) in [5.74, 6) is -3.91. The monoisotopic (exact) mass is 211 g/mol. The van der Waals surface area contributed by atoms with Gasteiger partial charge in [0.15, 0.2) is 11.6 Å². The summed E-state index contributed by atoms with van der Waals surface area (Å²) in [6, 6.07) is 1.13. The van der Waals surface area contributed by atoms with Crippen molar-refractivity contribution in [1.82, 2.24) is 0 Å². The van der Waals surface area contributed by atoms with Gasteiger partial charge in [-0.25, -0.2) is 18.2 Å². The van der Waals surface area contributed by atoms with Gasteiger partial charge in [-0.1, -0.05) is 0 Å². The smallest absolute Gasteiger partial charge is 0.267 e. The summed E-state index contributed by atoms with van der Waals surface area (Å²) in [6.45, 7) is 0. The Bertz CT molecular complexity index is 506. The third kappa shape index (κ3) is 1.68. The second kappa shape index (κ2) is 3.34. The summed E-state index contributed by atoms with van der Waals surface area (Å²) in [5, 5.41) is 0. The van der Waals surface area contributed by atoms with E-state index in [1.807, 2.05) is 0 Å². The van der Waals surface area contributed by atoms with Gasteiger partial charge in [0.1, 0.15) is 5.82 Å². The van der Waals surface area contributed by atoms with Gasteiger partial charge in [0.25, 0.3) is 5.91 Å². The highest BCUT2D eigenvalue weighted by Gasteiger charge is 2.15. The van der Waals surface area contributed by atoms with E-state index in [4.69, 9.17) is 0 Å². The Hall–Kier alpha value is -1.91. The molecule has 0 radical (unpaired) electrons. The average molecular weight is 211 g/mol. The third-order valence-corrected chi connectivity index (χ3v) is 1.93. The first-order valence-corrected chi connectivity index (χ1v) is 4.02. The van der Waals surface area contributed by atoms with Gasteiger partial charge in [0.05, 0.1) is 0 Å². The molecule has 0 bridgehead atoms. The van der Waals surface area contributed by atoms with Crippen LogP contribution in [0.5, 0.6) is 0 Å². The molecule has 2 rings (SSSR count). The number of nitrogens with zero attached hydrogens (tertiary/aromatic N) is 1. The quantitative estimate of drug-likeness (QED) is 0.654. The number of carbonyl (C=O) groups is 1. The minimum Gasteiger partial charge on any atom is -0.267 e. The maximum Gasteiger partial charge on any atom is 0.270 e. The number of allylic oxidation sites excluding steroid dienone is 1. The average Bonchev–Trinajstić information content (AvgIpc) is 2.58. The lowest BCUT2D eigenvalue weighted by atomic mass is 10.1. The maximum absolute atomic E-state index is 13.2. The molecule has 0 saturated carbocycles. The summed E-state index contributed by atoms with van der Waals surface area (Å²) in [4.78, 5) is 14.1. The summed E-state index contributed by atoms with van der Waals surface area (Å²) in [5.41, 5.74) is -0.0418. The van der Waals surface area contributed by atoms with Crippen molar-refractivity contribution in [2.24, 2.45) is 4.99 Å². The fourth-order valence-corrected chi connectivity index (χ4v) is 1.23. The minimum atomic E-state index is -1.27. The Kier molecular flexibility index (Phi) is 2.15. The van der Waals surface area contributed by atoms with Crippen LogP contribution in [0.25, 0.3) is 5.57 Å². The number of carbonyl (C=O) groups excluding carboxylic acids is 1. The van der Waals surface area contributed by atoms with Crippen LogP contribution < -0.4 is 0 Å². The van der Waals surface area contributed by atoms with Crippen molar-refractivity contribution in [2.75, 3.05) is 0 Å². The van der Waals surface area contributed by atoms with Gasteiger partial charge in [-0.05, 0) is 6.07 Å². The van der Waals surface area contributed by atoms with Crippen LogP contribution in [-0.4, -0.2) is 12.1 Å². The highest BCUT2D eigenvalue weighted by atomic mass is 19.2. The highest BCUT2D eigenvalue weighted by Crippen LogP contribution is 2.22. The van der Waals surface area contributed by atoms with Gasteiger partial charge in [-0.3, -0.25) is 4.79 Å². The zero-order chi connectivity index (χ0) is 11.0. The molecule has 2 nitrogen and oxygen atoms in total. The molecule has 1 heterocycles. The number of hydrogen-bond acceptors (Lipinski definition) is 1. The standard InChI is InChI=1S/C10H4F3NO/c11-7-3-9(13)8(12)2-6(7)5-1-10(15)14-4-5/h1-4H. The van der Waals surface area contributed by atoms with Crippen molar-refractivity contribution in [3.63, 3.8) is 0 Å². The van der Waals surface area contributed by atoms with Gasteiger partial charge in [-0.2, -0.15) is 0 Å². The molecule has 5 heteroatoms. The first-order chi connectivity index (χ1) is 7.08. The van der Waals surface area contributed by atoms with E-state index in [0.717, 1.165) is 12.3 Å². The number of hydrogen-bond donors (Lipinski definition) is 0. The molecule has 76 valence electrons. The Labute approximate surface area is 82.7 Å². The molecular formula is C10H4F3NO. The van der Waals surface area contributed by atoms with Gasteiger partial charge < -0.3 is 0 Å². The van der Waals surface area contributed by atoms with E-state index in [1.165, 1.54) is 0 Å². The fraction of sp³-hybridized carbons (Fsp3) is 0. The topological polar surface area (TPSA) is 29.4 Å². The van der Waals surface area contributed by atoms with Crippen molar-refractivity contribution in [3.8, 4) is 0 Å². The van der Waals surface area contributed by atoms with Crippen LogP contribution in [0.1, 0.15) is 5.56 Å². The molecule has 15 heavy (non-hydrogen) atoms. The number of aliphatic imine (C=N–C) groups is 1. The Balaban J connectivity index is 2.54. The lowest BCUT2D eigenvalue weighted by molar-refractivity contribution is -0.113. The molecule has 0 spiro atoms. The normalized spacial score (nSPS) is 14.6. The fourth-order valence-electron chi connectivity index (χ4n) is 1.23. The van der Waals surface area contributed by atoms with E-state index in [0.29, 0.717) is 12.1 Å². The molecule has 1 aromatic rings. The Morgan fingerprint density at radius 2 is 1.67 bits per heavy atom. The van der Waals surface area contributed by atoms with E-state index in [1.54, 1.807) is 0 Å². The second-order valence-corrected chi connectivity index (χ2v) is 2.94. The zero-order valence-corrected chi connectivity index (χ0v) is 7.30. The number of rotatable bonds is 1. The minimum absolute atomic E-state index is 0.136. The van der Waals surface area contributed by atoms with Crippen molar-refractivity contribution >= 4 is 17.7 Å². The van der Waals surface area contributed by atoms with Crippen LogP contribution in [-0.2, 0) is 4.79 Å². The predicted molar refractivity (Wildman–Crippen MR) is 47.8 cm³/mol. The van der Waals surface area contributed by atoms with E-state index < -0.39 is 23.4 Å². The summed E-state index contributed by atoms with van der Waals surface area (Å²) >= 11 is 0. The van der Waals surface area contributed by atoms with Crippen molar-refractivity contribution < 1.29 is 18.0 Å². The Morgan fingerprint density at radius 1 is 1.00 bits per heavy atom. The molecule has 1 aromatic carbocycles.